The first-order chi connectivity index (χ1) is 10.5. The van der Waals surface area contributed by atoms with Gasteiger partial charge in [0.1, 0.15) is 5.82 Å². The molecule has 22 heavy (non-hydrogen) atoms. The number of anilines is 1. The summed E-state index contributed by atoms with van der Waals surface area (Å²) in [4.78, 5) is 29.9. The first-order valence-corrected chi connectivity index (χ1v) is 7.75. The minimum atomic E-state index is -0.0135. The smallest absolute Gasteiger partial charge is 0.257 e. The van der Waals surface area contributed by atoms with Crippen molar-refractivity contribution < 1.29 is 9.59 Å². The molecule has 1 aliphatic heterocycles. The second kappa shape index (κ2) is 7.24. The highest BCUT2D eigenvalue weighted by atomic mass is 16.2. The molecular formula is C16H24N4O2. The minimum absolute atomic E-state index is 0.00229. The van der Waals surface area contributed by atoms with Crippen molar-refractivity contribution in [2.45, 2.75) is 45.7 Å². The first kappa shape index (κ1) is 16.3. The molecule has 1 aromatic heterocycles. The van der Waals surface area contributed by atoms with Crippen LogP contribution in [0.3, 0.4) is 0 Å². The Hall–Kier alpha value is -2.11. The Morgan fingerprint density at radius 1 is 1.32 bits per heavy atom. The molecule has 0 aliphatic carbocycles. The van der Waals surface area contributed by atoms with Crippen LogP contribution < -0.4 is 10.6 Å². The highest BCUT2D eigenvalue weighted by Crippen LogP contribution is 2.19. The standard InChI is InChI=1S/C16H24N4O2/c1-11(2)18-15-14(5-4-8-17-15)16(22)20-9-6-13(7-10-20)19-12(3)21/h4-5,8,11,13H,6-7,9-10H2,1-3H3,(H,17,18)(H,19,21). The van der Waals surface area contributed by atoms with Crippen LogP contribution in [0.4, 0.5) is 5.82 Å². The molecule has 1 aromatic rings. The number of nitrogens with zero attached hydrogens (tertiary/aromatic N) is 2. The van der Waals surface area contributed by atoms with E-state index >= 15 is 0 Å². The number of rotatable bonds is 4. The summed E-state index contributed by atoms with van der Waals surface area (Å²) in [6, 6.07) is 3.97. The lowest BCUT2D eigenvalue weighted by atomic mass is 10.0. The lowest BCUT2D eigenvalue weighted by molar-refractivity contribution is -0.119. The number of aromatic nitrogens is 1. The molecule has 2 amide bonds. The molecule has 0 spiro atoms. The van der Waals surface area contributed by atoms with Crippen molar-refractivity contribution in [2.24, 2.45) is 0 Å². The number of nitrogens with one attached hydrogen (secondary N) is 2. The third-order valence-corrected chi connectivity index (χ3v) is 3.65. The van der Waals surface area contributed by atoms with Gasteiger partial charge in [0.2, 0.25) is 5.91 Å². The molecule has 2 N–H and O–H groups in total. The lowest BCUT2D eigenvalue weighted by Gasteiger charge is -2.32. The fraction of sp³-hybridized carbons (Fsp3) is 0.562. The van der Waals surface area contributed by atoms with Gasteiger partial charge in [0.25, 0.3) is 5.91 Å². The second-order valence-electron chi connectivity index (χ2n) is 5.97. The van der Waals surface area contributed by atoms with Crippen molar-refractivity contribution >= 4 is 17.6 Å². The molecule has 6 nitrogen and oxygen atoms in total. The highest BCUT2D eigenvalue weighted by Gasteiger charge is 2.25. The third kappa shape index (κ3) is 4.19. The van der Waals surface area contributed by atoms with E-state index in [9.17, 15) is 9.59 Å². The number of amides is 2. The number of carbonyl (C=O) groups is 2. The van der Waals surface area contributed by atoms with Gasteiger partial charge in [0.15, 0.2) is 0 Å². The Morgan fingerprint density at radius 3 is 2.59 bits per heavy atom. The molecule has 1 aliphatic rings. The van der Waals surface area contributed by atoms with Crippen molar-refractivity contribution in [3.05, 3.63) is 23.9 Å². The van der Waals surface area contributed by atoms with Crippen LogP contribution in [0, 0.1) is 0 Å². The zero-order chi connectivity index (χ0) is 16.1. The molecule has 1 fully saturated rings. The molecular weight excluding hydrogens is 280 g/mol. The van der Waals surface area contributed by atoms with Gasteiger partial charge in [-0.1, -0.05) is 0 Å². The summed E-state index contributed by atoms with van der Waals surface area (Å²) in [5.41, 5.74) is 0.606. The normalized spacial score (nSPS) is 15.7. The molecule has 0 aromatic carbocycles. The van der Waals surface area contributed by atoms with E-state index in [1.165, 1.54) is 6.92 Å². The first-order valence-electron chi connectivity index (χ1n) is 7.75. The number of piperidine rings is 1. The summed E-state index contributed by atoms with van der Waals surface area (Å²) in [5, 5.41) is 6.13. The van der Waals surface area contributed by atoms with E-state index in [-0.39, 0.29) is 23.9 Å². The quantitative estimate of drug-likeness (QED) is 0.887. The van der Waals surface area contributed by atoms with Crippen molar-refractivity contribution in [1.82, 2.24) is 15.2 Å². The van der Waals surface area contributed by atoms with E-state index in [0.717, 1.165) is 12.8 Å². The van der Waals surface area contributed by atoms with Gasteiger partial charge in [0, 0.05) is 38.3 Å². The van der Waals surface area contributed by atoms with Gasteiger partial charge in [-0.2, -0.15) is 0 Å². The van der Waals surface area contributed by atoms with E-state index in [4.69, 9.17) is 0 Å². The zero-order valence-corrected chi connectivity index (χ0v) is 13.4. The number of hydrogen-bond donors (Lipinski definition) is 2. The van der Waals surface area contributed by atoms with Crippen LogP contribution in [0.15, 0.2) is 18.3 Å². The maximum Gasteiger partial charge on any atom is 0.257 e. The van der Waals surface area contributed by atoms with Gasteiger partial charge >= 0.3 is 0 Å². The number of hydrogen-bond acceptors (Lipinski definition) is 4. The molecule has 120 valence electrons. The van der Waals surface area contributed by atoms with E-state index < -0.39 is 0 Å². The molecule has 0 radical (unpaired) electrons. The summed E-state index contributed by atoms with van der Waals surface area (Å²) in [6.07, 6.45) is 3.27. The van der Waals surface area contributed by atoms with Crippen LogP contribution in [0.2, 0.25) is 0 Å². The topological polar surface area (TPSA) is 74.3 Å². The zero-order valence-electron chi connectivity index (χ0n) is 13.4. The van der Waals surface area contributed by atoms with Crippen molar-refractivity contribution in [2.75, 3.05) is 18.4 Å². The Labute approximate surface area is 131 Å². The van der Waals surface area contributed by atoms with Gasteiger partial charge in [-0.15, -0.1) is 0 Å². The van der Waals surface area contributed by atoms with E-state index in [1.54, 1.807) is 18.3 Å². The summed E-state index contributed by atoms with van der Waals surface area (Å²) >= 11 is 0. The van der Waals surface area contributed by atoms with Gasteiger partial charge in [-0.25, -0.2) is 4.98 Å². The van der Waals surface area contributed by atoms with E-state index in [0.29, 0.717) is 24.5 Å². The average Bonchev–Trinajstić information content (AvgIpc) is 2.47. The second-order valence-corrected chi connectivity index (χ2v) is 5.97. The molecule has 0 atom stereocenters. The largest absolute Gasteiger partial charge is 0.367 e. The fourth-order valence-electron chi connectivity index (χ4n) is 2.65. The molecule has 2 heterocycles. The van der Waals surface area contributed by atoms with Crippen LogP contribution in [0.1, 0.15) is 44.0 Å². The molecule has 0 bridgehead atoms. The molecule has 2 rings (SSSR count). The number of pyridine rings is 1. The third-order valence-electron chi connectivity index (χ3n) is 3.65. The number of likely N-dealkylation sites (tertiary alicyclic amines) is 1. The fourth-order valence-corrected chi connectivity index (χ4v) is 2.65. The summed E-state index contributed by atoms with van der Waals surface area (Å²) in [6.45, 7) is 6.86. The maximum absolute atomic E-state index is 12.7. The minimum Gasteiger partial charge on any atom is -0.367 e. The lowest BCUT2D eigenvalue weighted by Crippen LogP contribution is -2.46. The monoisotopic (exact) mass is 304 g/mol. The predicted molar refractivity (Wildman–Crippen MR) is 85.7 cm³/mol. The van der Waals surface area contributed by atoms with Crippen molar-refractivity contribution in [3.8, 4) is 0 Å². The van der Waals surface area contributed by atoms with Crippen LogP contribution >= 0.6 is 0 Å². The van der Waals surface area contributed by atoms with Gasteiger partial charge in [-0.3, -0.25) is 9.59 Å². The van der Waals surface area contributed by atoms with Gasteiger partial charge in [-0.05, 0) is 38.8 Å². The highest BCUT2D eigenvalue weighted by molar-refractivity contribution is 5.98. The summed E-state index contributed by atoms with van der Waals surface area (Å²) in [5.74, 6) is 0.615. The van der Waals surface area contributed by atoms with Crippen LogP contribution in [-0.2, 0) is 4.79 Å². The number of carbonyl (C=O) groups excluding carboxylic acids is 2. The summed E-state index contributed by atoms with van der Waals surface area (Å²) in [7, 11) is 0. The van der Waals surface area contributed by atoms with Gasteiger partial charge in [0.05, 0.1) is 5.56 Å². The Balaban J connectivity index is 2.02. The summed E-state index contributed by atoms with van der Waals surface area (Å²) < 4.78 is 0. The Bertz CT molecular complexity index is 537. The van der Waals surface area contributed by atoms with Crippen LogP contribution in [0.25, 0.3) is 0 Å². The van der Waals surface area contributed by atoms with E-state index in [1.807, 2.05) is 18.7 Å². The average molecular weight is 304 g/mol. The SMILES string of the molecule is CC(=O)NC1CCN(C(=O)c2cccnc2NC(C)C)CC1. The van der Waals surface area contributed by atoms with Crippen molar-refractivity contribution in [3.63, 3.8) is 0 Å². The van der Waals surface area contributed by atoms with Crippen molar-refractivity contribution in [1.29, 1.82) is 0 Å². The molecule has 0 saturated carbocycles. The van der Waals surface area contributed by atoms with E-state index in [2.05, 4.69) is 15.6 Å². The molecule has 6 heteroatoms. The molecule has 1 saturated heterocycles. The van der Waals surface area contributed by atoms with Crippen LogP contribution in [0.5, 0.6) is 0 Å². The van der Waals surface area contributed by atoms with Gasteiger partial charge < -0.3 is 15.5 Å². The predicted octanol–water partition coefficient (Wildman–Crippen LogP) is 1.64. The Morgan fingerprint density at radius 2 is 2.00 bits per heavy atom. The Kier molecular flexibility index (Phi) is 5.35. The maximum atomic E-state index is 12.7. The van der Waals surface area contributed by atoms with Crippen LogP contribution in [-0.4, -0.2) is 46.9 Å². The molecule has 0 unspecified atom stereocenters.